The van der Waals surface area contributed by atoms with E-state index in [1.54, 1.807) is 17.4 Å². The molecule has 0 saturated heterocycles. The summed E-state index contributed by atoms with van der Waals surface area (Å²) in [4.78, 5) is 16.2. The Bertz CT molecular complexity index is 595. The third-order valence-electron chi connectivity index (χ3n) is 2.63. The Morgan fingerprint density at radius 3 is 2.84 bits per heavy atom. The molecule has 2 aromatic heterocycles. The maximum Gasteiger partial charge on any atom is 0.295 e. The Labute approximate surface area is 115 Å². The minimum atomic E-state index is -0.390. The molecule has 0 aliphatic carbocycles. The second-order valence-electron chi connectivity index (χ2n) is 4.19. The molecule has 0 spiro atoms. The van der Waals surface area contributed by atoms with Crippen LogP contribution in [0.5, 0.6) is 0 Å². The van der Waals surface area contributed by atoms with Gasteiger partial charge in [0, 0.05) is 28.4 Å². The number of thiophene rings is 1. The number of hydrogen-bond donors (Lipinski definition) is 1. The van der Waals surface area contributed by atoms with Gasteiger partial charge in [0.15, 0.2) is 5.69 Å². The van der Waals surface area contributed by atoms with Gasteiger partial charge < -0.3 is 5.32 Å². The van der Waals surface area contributed by atoms with Gasteiger partial charge in [-0.3, -0.25) is 10.1 Å². The minimum Gasteiger partial charge on any atom is -0.370 e. The summed E-state index contributed by atoms with van der Waals surface area (Å²) < 4.78 is 0. The molecule has 2 aromatic rings. The highest BCUT2D eigenvalue weighted by molar-refractivity contribution is 7.10. The molecule has 0 aromatic carbocycles. The lowest BCUT2D eigenvalue weighted by Gasteiger charge is -2.06. The molecular weight excluding hydrogens is 262 g/mol. The van der Waals surface area contributed by atoms with Crippen LogP contribution in [0.25, 0.3) is 11.3 Å². The summed E-state index contributed by atoms with van der Waals surface area (Å²) >= 11 is 1.56. The summed E-state index contributed by atoms with van der Waals surface area (Å²) in [6.45, 7) is 4.83. The van der Waals surface area contributed by atoms with Crippen molar-refractivity contribution in [1.82, 2.24) is 4.98 Å². The molecule has 0 atom stereocenters. The number of anilines is 1. The molecule has 0 bridgehead atoms. The van der Waals surface area contributed by atoms with Gasteiger partial charge in [0.05, 0.1) is 4.92 Å². The summed E-state index contributed by atoms with van der Waals surface area (Å²) in [5.74, 6) is 0.673. The Balaban J connectivity index is 2.44. The van der Waals surface area contributed by atoms with Crippen molar-refractivity contribution < 1.29 is 4.92 Å². The van der Waals surface area contributed by atoms with Gasteiger partial charge in [-0.05, 0) is 25.5 Å². The molecule has 1 N–H and O–H groups in total. The van der Waals surface area contributed by atoms with Crippen molar-refractivity contribution >= 4 is 22.8 Å². The molecule has 0 aliphatic heterocycles. The molecule has 0 unspecified atom stereocenters. The number of pyridine rings is 1. The van der Waals surface area contributed by atoms with E-state index >= 15 is 0 Å². The molecule has 6 heteroatoms. The topological polar surface area (TPSA) is 68.1 Å². The lowest BCUT2D eigenvalue weighted by atomic mass is 10.2. The second kappa shape index (κ2) is 5.79. The maximum atomic E-state index is 11.1. The number of aryl methyl sites for hydroxylation is 1. The Hall–Kier alpha value is -1.95. The molecule has 100 valence electrons. The van der Waals surface area contributed by atoms with E-state index in [2.05, 4.69) is 17.2 Å². The summed E-state index contributed by atoms with van der Waals surface area (Å²) in [5.41, 5.74) is 1.27. The number of aromatic nitrogens is 1. The number of nitrogens with zero attached hydrogens (tertiary/aromatic N) is 2. The van der Waals surface area contributed by atoms with Crippen LogP contribution in [-0.4, -0.2) is 16.5 Å². The quantitative estimate of drug-likeness (QED) is 0.665. The fourth-order valence-corrected chi connectivity index (χ4v) is 2.42. The van der Waals surface area contributed by atoms with Gasteiger partial charge >= 0.3 is 0 Å². The smallest absolute Gasteiger partial charge is 0.295 e. The zero-order valence-corrected chi connectivity index (χ0v) is 11.7. The van der Waals surface area contributed by atoms with Crippen molar-refractivity contribution in [2.75, 3.05) is 11.9 Å². The van der Waals surface area contributed by atoms with E-state index in [1.165, 1.54) is 6.07 Å². The van der Waals surface area contributed by atoms with Crippen LogP contribution in [0.1, 0.15) is 18.2 Å². The van der Waals surface area contributed by atoms with Gasteiger partial charge in [-0.2, -0.15) is 0 Å². The standard InChI is InChI=1S/C13H15N3O2S/c1-3-6-14-12-5-4-11(16(17)18)13(15-12)10-7-9(2)19-8-10/h4-5,7-8H,3,6H2,1-2H3,(H,14,15). The average Bonchev–Trinajstić information content (AvgIpc) is 2.82. The van der Waals surface area contributed by atoms with Crippen LogP contribution in [0.15, 0.2) is 23.6 Å². The maximum absolute atomic E-state index is 11.1. The highest BCUT2D eigenvalue weighted by atomic mass is 32.1. The van der Waals surface area contributed by atoms with Crippen LogP contribution >= 0.6 is 11.3 Å². The number of nitrogens with one attached hydrogen (secondary N) is 1. The highest BCUT2D eigenvalue weighted by Crippen LogP contribution is 2.32. The molecule has 2 rings (SSSR count). The average molecular weight is 277 g/mol. The molecule has 0 fully saturated rings. The van der Waals surface area contributed by atoms with E-state index in [-0.39, 0.29) is 10.6 Å². The zero-order chi connectivity index (χ0) is 13.8. The van der Waals surface area contributed by atoms with Gasteiger partial charge in [-0.1, -0.05) is 6.92 Å². The first-order chi connectivity index (χ1) is 9.11. The van der Waals surface area contributed by atoms with Crippen molar-refractivity contribution in [1.29, 1.82) is 0 Å². The van der Waals surface area contributed by atoms with Gasteiger partial charge in [-0.15, -0.1) is 11.3 Å². The van der Waals surface area contributed by atoms with Crippen molar-refractivity contribution in [3.05, 3.63) is 38.6 Å². The third-order valence-corrected chi connectivity index (χ3v) is 3.49. The molecule has 0 saturated carbocycles. The second-order valence-corrected chi connectivity index (χ2v) is 5.31. The van der Waals surface area contributed by atoms with E-state index in [4.69, 9.17) is 0 Å². The Morgan fingerprint density at radius 1 is 1.47 bits per heavy atom. The van der Waals surface area contributed by atoms with Crippen molar-refractivity contribution in [3.8, 4) is 11.3 Å². The molecule has 19 heavy (non-hydrogen) atoms. The normalized spacial score (nSPS) is 10.4. The van der Waals surface area contributed by atoms with Crippen molar-refractivity contribution in [2.45, 2.75) is 20.3 Å². The molecule has 0 radical (unpaired) electrons. The highest BCUT2D eigenvalue weighted by Gasteiger charge is 2.18. The van der Waals surface area contributed by atoms with E-state index in [9.17, 15) is 10.1 Å². The fraction of sp³-hybridized carbons (Fsp3) is 0.308. The van der Waals surface area contributed by atoms with Crippen molar-refractivity contribution in [3.63, 3.8) is 0 Å². The van der Waals surface area contributed by atoms with E-state index in [1.807, 2.05) is 18.4 Å². The molecule has 2 heterocycles. The third kappa shape index (κ3) is 3.08. The lowest BCUT2D eigenvalue weighted by Crippen LogP contribution is -2.03. The first-order valence-corrected chi connectivity index (χ1v) is 6.94. The van der Waals surface area contributed by atoms with Crippen LogP contribution in [0.4, 0.5) is 11.5 Å². The van der Waals surface area contributed by atoms with Crippen LogP contribution < -0.4 is 5.32 Å². The van der Waals surface area contributed by atoms with Gasteiger partial charge in [0.2, 0.25) is 0 Å². The summed E-state index contributed by atoms with van der Waals surface area (Å²) in [7, 11) is 0. The minimum absolute atomic E-state index is 0.0415. The number of rotatable bonds is 5. The predicted octanol–water partition coefficient (Wildman–Crippen LogP) is 3.85. The van der Waals surface area contributed by atoms with Crippen LogP contribution in [-0.2, 0) is 0 Å². The molecule has 0 amide bonds. The summed E-state index contributed by atoms with van der Waals surface area (Å²) in [6.07, 6.45) is 0.978. The SMILES string of the molecule is CCCNc1ccc([N+](=O)[O-])c(-c2csc(C)c2)n1. The van der Waals surface area contributed by atoms with Gasteiger partial charge in [-0.25, -0.2) is 4.98 Å². The fourth-order valence-electron chi connectivity index (χ4n) is 1.73. The van der Waals surface area contributed by atoms with Gasteiger partial charge in [0.25, 0.3) is 5.69 Å². The van der Waals surface area contributed by atoms with Crippen LogP contribution in [0, 0.1) is 17.0 Å². The Kier molecular flexibility index (Phi) is 4.11. The van der Waals surface area contributed by atoms with E-state index < -0.39 is 0 Å². The number of nitro groups is 1. The monoisotopic (exact) mass is 277 g/mol. The molecular formula is C13H15N3O2S. The molecule has 5 nitrogen and oxygen atoms in total. The first kappa shape index (κ1) is 13.5. The summed E-state index contributed by atoms with van der Waals surface area (Å²) in [6, 6.07) is 5.08. The first-order valence-electron chi connectivity index (χ1n) is 6.06. The lowest BCUT2D eigenvalue weighted by molar-refractivity contribution is -0.384. The summed E-state index contributed by atoms with van der Waals surface area (Å²) in [5, 5.41) is 16.1. The number of hydrogen-bond acceptors (Lipinski definition) is 5. The Morgan fingerprint density at radius 2 is 2.26 bits per heavy atom. The van der Waals surface area contributed by atoms with Crippen LogP contribution in [0.2, 0.25) is 0 Å². The van der Waals surface area contributed by atoms with Crippen LogP contribution in [0.3, 0.4) is 0 Å². The van der Waals surface area contributed by atoms with Crippen molar-refractivity contribution in [2.24, 2.45) is 0 Å². The van der Waals surface area contributed by atoms with E-state index in [0.29, 0.717) is 11.5 Å². The largest absolute Gasteiger partial charge is 0.370 e. The van der Waals surface area contributed by atoms with E-state index in [0.717, 1.165) is 23.4 Å². The predicted molar refractivity (Wildman–Crippen MR) is 77.7 cm³/mol. The molecule has 0 aliphatic rings. The zero-order valence-electron chi connectivity index (χ0n) is 10.8. The van der Waals surface area contributed by atoms with Gasteiger partial charge in [0.1, 0.15) is 5.82 Å².